The topological polar surface area (TPSA) is 15.3 Å². The van der Waals surface area contributed by atoms with E-state index in [0.717, 1.165) is 18.6 Å². The first-order chi connectivity index (χ1) is 7.79. The fraction of sp³-hybridized carbons (Fsp3) is 0.667. The van der Waals surface area contributed by atoms with E-state index < -0.39 is 0 Å². The van der Waals surface area contributed by atoms with Gasteiger partial charge in [0.2, 0.25) is 0 Å². The first-order valence-corrected chi connectivity index (χ1v) is 7.68. The molecule has 0 amide bonds. The smallest absolute Gasteiger partial charge is 0.0328 e. The van der Waals surface area contributed by atoms with E-state index in [4.69, 9.17) is 0 Å². The summed E-state index contributed by atoms with van der Waals surface area (Å²) in [5.74, 6) is 0. The Hall–Kier alpha value is 0.1000. The van der Waals surface area contributed by atoms with Gasteiger partial charge < -0.3 is 5.32 Å². The number of halogens is 1. The molecule has 4 heteroatoms. The summed E-state index contributed by atoms with van der Waals surface area (Å²) in [6, 6.07) is 3.79. The van der Waals surface area contributed by atoms with E-state index in [2.05, 4.69) is 37.6 Å². The molecule has 0 saturated carbocycles. The zero-order chi connectivity index (χ0) is 11.0. The average Bonchev–Trinajstić information content (AvgIpc) is 2.77. The fourth-order valence-corrected chi connectivity index (χ4v) is 4.31. The lowest BCUT2D eigenvalue weighted by Crippen LogP contribution is -2.34. The number of fused-ring (bicyclic) bond motifs is 2. The van der Waals surface area contributed by atoms with Crippen LogP contribution in [0.25, 0.3) is 0 Å². The average molecular weight is 301 g/mol. The largest absolute Gasteiger partial charge is 0.310 e. The van der Waals surface area contributed by atoms with Crippen molar-refractivity contribution in [2.75, 3.05) is 13.1 Å². The summed E-state index contributed by atoms with van der Waals surface area (Å²) in [5.41, 5.74) is 0. The maximum absolute atomic E-state index is 3.73. The van der Waals surface area contributed by atoms with Crippen LogP contribution in [0.15, 0.2) is 15.9 Å². The highest BCUT2D eigenvalue weighted by Crippen LogP contribution is 2.24. The molecule has 2 nitrogen and oxygen atoms in total. The lowest BCUT2D eigenvalue weighted by atomic mass is 10.1. The monoisotopic (exact) mass is 300 g/mol. The third-order valence-corrected chi connectivity index (χ3v) is 5.29. The molecule has 1 aromatic rings. The van der Waals surface area contributed by atoms with E-state index in [-0.39, 0.29) is 0 Å². The minimum atomic E-state index is 0.746. The van der Waals surface area contributed by atoms with Gasteiger partial charge >= 0.3 is 0 Å². The molecule has 0 radical (unpaired) electrons. The Morgan fingerprint density at radius 2 is 2.25 bits per heavy atom. The molecular formula is C12H17BrN2S. The van der Waals surface area contributed by atoms with Crippen molar-refractivity contribution in [3.8, 4) is 0 Å². The minimum absolute atomic E-state index is 0.746. The standard InChI is InChI=1S/C12H17BrN2S/c13-9-5-12(16-8-9)7-15-4-3-10-1-2-11(6-15)14-10/h5,8,10-11,14H,1-4,6-7H2. The normalized spacial score (nSPS) is 30.6. The van der Waals surface area contributed by atoms with Gasteiger partial charge in [0.05, 0.1) is 0 Å². The van der Waals surface area contributed by atoms with E-state index in [1.54, 1.807) is 0 Å². The van der Waals surface area contributed by atoms with Crippen LogP contribution >= 0.6 is 27.3 Å². The summed E-state index contributed by atoms with van der Waals surface area (Å²) >= 11 is 5.39. The van der Waals surface area contributed by atoms with Gasteiger partial charge in [-0.2, -0.15) is 0 Å². The Morgan fingerprint density at radius 1 is 1.38 bits per heavy atom. The SMILES string of the molecule is Brc1csc(CN2CCC3CCC(C2)N3)c1. The van der Waals surface area contributed by atoms with Crippen LogP contribution < -0.4 is 5.32 Å². The van der Waals surface area contributed by atoms with Crippen LogP contribution in [0.5, 0.6) is 0 Å². The van der Waals surface area contributed by atoms with Crippen molar-refractivity contribution in [1.29, 1.82) is 0 Å². The fourth-order valence-electron chi connectivity index (χ4n) is 2.82. The number of hydrogen-bond donors (Lipinski definition) is 1. The number of likely N-dealkylation sites (tertiary alicyclic amines) is 1. The Balaban J connectivity index is 1.63. The lowest BCUT2D eigenvalue weighted by Gasteiger charge is -2.23. The van der Waals surface area contributed by atoms with Crippen molar-refractivity contribution >= 4 is 27.3 Å². The van der Waals surface area contributed by atoms with E-state index in [0.29, 0.717) is 0 Å². The Bertz CT molecular complexity index is 366. The molecule has 16 heavy (non-hydrogen) atoms. The zero-order valence-electron chi connectivity index (χ0n) is 9.29. The van der Waals surface area contributed by atoms with E-state index in [9.17, 15) is 0 Å². The molecule has 0 aromatic carbocycles. The molecule has 0 spiro atoms. The number of rotatable bonds is 2. The van der Waals surface area contributed by atoms with Crippen LogP contribution in [0, 0.1) is 0 Å². The van der Waals surface area contributed by atoms with Crippen molar-refractivity contribution in [1.82, 2.24) is 10.2 Å². The third kappa shape index (κ3) is 2.50. The molecule has 2 fully saturated rings. The van der Waals surface area contributed by atoms with Gasteiger partial charge in [-0.3, -0.25) is 4.90 Å². The molecule has 1 aromatic heterocycles. The Kier molecular flexibility index (Phi) is 3.34. The predicted octanol–water partition coefficient (Wildman–Crippen LogP) is 2.84. The van der Waals surface area contributed by atoms with E-state index in [1.165, 1.54) is 41.7 Å². The van der Waals surface area contributed by atoms with Gasteiger partial charge in [0, 0.05) is 46.4 Å². The number of nitrogens with one attached hydrogen (secondary N) is 1. The number of thiophene rings is 1. The van der Waals surface area contributed by atoms with Gasteiger partial charge in [-0.1, -0.05) is 0 Å². The van der Waals surface area contributed by atoms with Crippen LogP contribution in [0.4, 0.5) is 0 Å². The second kappa shape index (κ2) is 4.77. The first-order valence-electron chi connectivity index (χ1n) is 6.01. The molecule has 2 saturated heterocycles. The second-order valence-electron chi connectivity index (χ2n) is 4.89. The summed E-state index contributed by atoms with van der Waals surface area (Å²) in [6.07, 6.45) is 4.08. The van der Waals surface area contributed by atoms with Crippen LogP contribution in [0.1, 0.15) is 24.1 Å². The number of nitrogens with zero attached hydrogens (tertiary/aromatic N) is 1. The molecular weight excluding hydrogens is 284 g/mol. The molecule has 88 valence electrons. The van der Waals surface area contributed by atoms with Gasteiger partial charge in [0.15, 0.2) is 0 Å². The van der Waals surface area contributed by atoms with Gasteiger partial charge in [-0.05, 0) is 41.3 Å². The van der Waals surface area contributed by atoms with E-state index in [1.807, 2.05) is 11.3 Å². The Morgan fingerprint density at radius 3 is 3.06 bits per heavy atom. The highest BCUT2D eigenvalue weighted by Gasteiger charge is 2.29. The molecule has 2 atom stereocenters. The molecule has 3 heterocycles. The first kappa shape index (κ1) is 11.2. The van der Waals surface area contributed by atoms with Crippen molar-refractivity contribution in [3.63, 3.8) is 0 Å². The molecule has 2 bridgehead atoms. The third-order valence-electron chi connectivity index (χ3n) is 3.61. The van der Waals surface area contributed by atoms with Crippen molar-refractivity contribution in [2.45, 2.75) is 37.9 Å². The highest BCUT2D eigenvalue weighted by atomic mass is 79.9. The van der Waals surface area contributed by atoms with Crippen molar-refractivity contribution in [2.24, 2.45) is 0 Å². The summed E-state index contributed by atoms with van der Waals surface area (Å²) in [4.78, 5) is 4.08. The molecule has 2 aliphatic rings. The molecule has 2 unspecified atom stereocenters. The molecule has 3 rings (SSSR count). The highest BCUT2D eigenvalue weighted by molar-refractivity contribution is 9.10. The van der Waals surface area contributed by atoms with Crippen molar-refractivity contribution < 1.29 is 0 Å². The van der Waals surface area contributed by atoms with Gasteiger partial charge in [0.1, 0.15) is 0 Å². The molecule has 2 aliphatic heterocycles. The zero-order valence-corrected chi connectivity index (χ0v) is 11.7. The van der Waals surface area contributed by atoms with E-state index >= 15 is 0 Å². The lowest BCUT2D eigenvalue weighted by molar-refractivity contribution is 0.253. The summed E-state index contributed by atoms with van der Waals surface area (Å²) < 4.78 is 1.22. The summed E-state index contributed by atoms with van der Waals surface area (Å²) in [7, 11) is 0. The van der Waals surface area contributed by atoms with Crippen LogP contribution in [0.3, 0.4) is 0 Å². The van der Waals surface area contributed by atoms with Gasteiger partial charge in [0.25, 0.3) is 0 Å². The molecule has 1 N–H and O–H groups in total. The second-order valence-corrected chi connectivity index (χ2v) is 6.80. The maximum Gasteiger partial charge on any atom is 0.0328 e. The molecule has 0 aliphatic carbocycles. The van der Waals surface area contributed by atoms with Crippen LogP contribution in [-0.4, -0.2) is 30.1 Å². The number of hydrogen-bond acceptors (Lipinski definition) is 3. The quantitative estimate of drug-likeness (QED) is 0.903. The predicted molar refractivity (Wildman–Crippen MR) is 71.9 cm³/mol. The van der Waals surface area contributed by atoms with Crippen LogP contribution in [0.2, 0.25) is 0 Å². The Labute approximate surface area is 109 Å². The van der Waals surface area contributed by atoms with Gasteiger partial charge in [-0.25, -0.2) is 0 Å². The summed E-state index contributed by atoms with van der Waals surface area (Å²) in [6.45, 7) is 3.61. The van der Waals surface area contributed by atoms with Crippen molar-refractivity contribution in [3.05, 3.63) is 20.8 Å². The van der Waals surface area contributed by atoms with Gasteiger partial charge in [-0.15, -0.1) is 11.3 Å². The van der Waals surface area contributed by atoms with Crippen LogP contribution in [-0.2, 0) is 6.54 Å². The minimum Gasteiger partial charge on any atom is -0.310 e. The maximum atomic E-state index is 3.73. The summed E-state index contributed by atoms with van der Waals surface area (Å²) in [5, 5.41) is 5.90.